The first kappa shape index (κ1) is 38.9. The van der Waals surface area contributed by atoms with Crippen LogP contribution in [0.3, 0.4) is 0 Å². The van der Waals surface area contributed by atoms with Gasteiger partial charge in [0.05, 0.1) is 48.7 Å². The van der Waals surface area contributed by atoms with Crippen molar-refractivity contribution in [2.24, 2.45) is 21.3 Å². The number of methoxy groups -OCH3 is 3. The van der Waals surface area contributed by atoms with E-state index in [2.05, 4.69) is 6.58 Å². The lowest BCUT2D eigenvalue weighted by Crippen LogP contribution is -2.44. The number of carboxylic acid groups (broad SMARTS) is 1. The SMILES string of the molecule is C=CC1=C(C)C2=NC1=CC1=C(C)C(CCC(=O)OC)=C(C=C3N=C(C=C4C=CC(=C2)C2=CC=C(C(O)OC)[C@H](C(=O)OC)[C@]42C)C(C)=C3CCC(=O)O)C1=N. The van der Waals surface area contributed by atoms with Crippen LogP contribution in [0.4, 0.5) is 0 Å². The van der Waals surface area contributed by atoms with Gasteiger partial charge in [-0.2, -0.15) is 0 Å². The van der Waals surface area contributed by atoms with Crippen molar-refractivity contribution in [1.82, 2.24) is 0 Å². The Hall–Kier alpha value is -5.78. The van der Waals surface area contributed by atoms with Gasteiger partial charge in [0.15, 0.2) is 6.29 Å². The Morgan fingerprint density at radius 1 is 0.891 bits per heavy atom. The summed E-state index contributed by atoms with van der Waals surface area (Å²) in [6, 6.07) is 0. The molecule has 0 saturated carbocycles. The Balaban J connectivity index is 1.70. The zero-order valence-corrected chi connectivity index (χ0v) is 32.1. The Labute approximate surface area is 320 Å². The molecule has 7 rings (SSSR count). The number of rotatable bonds is 10. The van der Waals surface area contributed by atoms with Crippen molar-refractivity contribution in [1.29, 1.82) is 5.41 Å². The van der Waals surface area contributed by atoms with Gasteiger partial charge in [-0.3, -0.25) is 19.8 Å². The number of carboxylic acids is 1. The third kappa shape index (κ3) is 6.68. The number of carbonyl (C=O) groups excluding carboxylic acids is 2. The second-order valence-electron chi connectivity index (χ2n) is 14.2. The molecule has 284 valence electrons. The number of hydrogen-bond acceptors (Lipinski definition) is 10. The quantitative estimate of drug-likeness (QED) is 0.159. The topological polar surface area (TPSA) is 168 Å². The normalized spacial score (nSPS) is 23.6. The predicted molar refractivity (Wildman–Crippen MR) is 210 cm³/mol. The fourth-order valence-electron chi connectivity index (χ4n) is 8.23. The maximum atomic E-state index is 13.9. The highest BCUT2D eigenvalue weighted by Crippen LogP contribution is 2.55. The molecule has 7 aliphatic rings. The molecule has 3 atom stereocenters. The summed E-state index contributed by atoms with van der Waals surface area (Å²) in [7, 11) is 4.01. The number of aliphatic imine (C=N–C) groups is 2. The minimum Gasteiger partial charge on any atom is -0.481 e. The van der Waals surface area contributed by atoms with Crippen molar-refractivity contribution in [3.05, 3.63) is 140 Å². The van der Waals surface area contributed by atoms with Crippen molar-refractivity contribution < 1.29 is 38.8 Å². The van der Waals surface area contributed by atoms with Crippen LogP contribution in [0, 0.1) is 16.7 Å². The number of aliphatic hydroxyl groups excluding tert-OH is 1. The van der Waals surface area contributed by atoms with Crippen LogP contribution in [0.25, 0.3) is 0 Å². The second-order valence-corrected chi connectivity index (χ2v) is 14.2. The van der Waals surface area contributed by atoms with Crippen molar-refractivity contribution in [3.63, 3.8) is 0 Å². The van der Waals surface area contributed by atoms with Crippen LogP contribution in [-0.4, -0.2) is 72.9 Å². The van der Waals surface area contributed by atoms with E-state index in [1.54, 1.807) is 12.2 Å². The molecule has 0 aromatic heterocycles. The molecule has 1 unspecified atom stereocenters. The molecule has 0 saturated heterocycles. The summed E-state index contributed by atoms with van der Waals surface area (Å²) in [5.41, 5.74) is 9.96. The van der Waals surface area contributed by atoms with Gasteiger partial charge in [-0.25, -0.2) is 9.98 Å². The number of nitrogens with zero attached hydrogens (tertiary/aromatic N) is 2. The summed E-state index contributed by atoms with van der Waals surface area (Å²) in [5, 5.41) is 30.2. The maximum absolute atomic E-state index is 13.9. The molecule has 8 bridgehead atoms. The van der Waals surface area contributed by atoms with Gasteiger partial charge in [-0.15, -0.1) is 0 Å². The zero-order chi connectivity index (χ0) is 39.9. The fraction of sp³-hybridized carbons (Fsp3) is 0.318. The first-order valence-electron chi connectivity index (χ1n) is 18.0. The third-order valence-corrected chi connectivity index (χ3v) is 11.4. The van der Waals surface area contributed by atoms with Crippen LogP contribution < -0.4 is 0 Å². The number of aliphatic carboxylic acids is 1. The molecule has 0 aromatic rings. The van der Waals surface area contributed by atoms with E-state index in [9.17, 15) is 30.0 Å². The number of nitrogens with one attached hydrogen (secondary N) is 1. The van der Waals surface area contributed by atoms with Crippen molar-refractivity contribution in [2.45, 2.75) is 59.7 Å². The van der Waals surface area contributed by atoms with Crippen molar-refractivity contribution >= 4 is 35.0 Å². The van der Waals surface area contributed by atoms with E-state index in [1.165, 1.54) is 21.3 Å². The van der Waals surface area contributed by atoms with Gasteiger partial charge < -0.3 is 24.4 Å². The maximum Gasteiger partial charge on any atom is 0.314 e. The first-order chi connectivity index (χ1) is 26.2. The largest absolute Gasteiger partial charge is 0.481 e. The minimum atomic E-state index is -1.39. The molecular formula is C44H45N3O8. The van der Waals surface area contributed by atoms with Crippen LogP contribution in [0.5, 0.6) is 0 Å². The molecule has 0 fully saturated rings. The van der Waals surface area contributed by atoms with E-state index in [1.807, 2.05) is 70.2 Å². The monoisotopic (exact) mass is 743 g/mol. The molecule has 11 nitrogen and oxygen atoms in total. The van der Waals surface area contributed by atoms with Crippen LogP contribution in [0.2, 0.25) is 0 Å². The smallest absolute Gasteiger partial charge is 0.314 e. The minimum absolute atomic E-state index is 0.0947. The molecule has 0 aromatic carbocycles. The molecule has 4 heterocycles. The van der Waals surface area contributed by atoms with E-state index in [-0.39, 0.29) is 30.9 Å². The van der Waals surface area contributed by atoms with Gasteiger partial charge in [0, 0.05) is 47.7 Å². The zero-order valence-electron chi connectivity index (χ0n) is 32.1. The molecule has 4 aliphatic heterocycles. The molecule has 0 radical (unpaired) electrons. The molecule has 3 aliphatic carbocycles. The number of hydrogen-bond donors (Lipinski definition) is 3. The summed E-state index contributed by atoms with van der Waals surface area (Å²) in [4.78, 5) is 48.2. The molecule has 55 heavy (non-hydrogen) atoms. The van der Waals surface area contributed by atoms with Gasteiger partial charge in [0.1, 0.15) is 0 Å². The molecule has 0 spiro atoms. The Morgan fingerprint density at radius 3 is 2.22 bits per heavy atom. The van der Waals surface area contributed by atoms with E-state index >= 15 is 0 Å². The van der Waals surface area contributed by atoms with Gasteiger partial charge >= 0.3 is 17.9 Å². The van der Waals surface area contributed by atoms with E-state index in [4.69, 9.17) is 24.2 Å². The summed E-state index contributed by atoms with van der Waals surface area (Å²) in [6.45, 7) is 11.8. The average Bonchev–Trinajstić information content (AvgIpc) is 3.71. The van der Waals surface area contributed by atoms with Gasteiger partial charge in [-0.05, 0) is 103 Å². The molecular weight excluding hydrogens is 698 g/mol. The summed E-state index contributed by atoms with van der Waals surface area (Å²) < 4.78 is 15.7. The standard InChI is InChI=1S/C44H45N3O8/c1-9-27-23(3)34-18-25-10-11-26(44(5)33(25)15-12-30(42(51)54-7)40(44)43(52)55-8)19-35-24(4)29(13-16-38(48)49)37(47-35)21-32-28(14-17-39(50)53-6)22(2)31(41(32)45)20-36(27)46-34/h9-12,15,18-21,40,42,45,51H,1,13-14,16-17H2,2-8H3,(H,48,49)/t40-,42?,44-/m1/s1. The highest BCUT2D eigenvalue weighted by atomic mass is 16.6. The number of esters is 2. The van der Waals surface area contributed by atoms with Gasteiger partial charge in [0.25, 0.3) is 0 Å². The predicted octanol–water partition coefficient (Wildman–Crippen LogP) is 7.01. The Kier molecular flexibility index (Phi) is 10.7. The number of allylic oxidation sites excluding steroid dienone is 19. The lowest BCUT2D eigenvalue weighted by atomic mass is 9.57. The van der Waals surface area contributed by atoms with Crippen molar-refractivity contribution in [3.8, 4) is 0 Å². The summed E-state index contributed by atoms with van der Waals surface area (Å²) >= 11 is 0. The molecule has 3 N–H and O–H groups in total. The summed E-state index contributed by atoms with van der Waals surface area (Å²) in [6.07, 6.45) is 15.8. The van der Waals surface area contributed by atoms with E-state index in [0.29, 0.717) is 57.1 Å². The van der Waals surface area contributed by atoms with Gasteiger partial charge in [0.2, 0.25) is 0 Å². The average molecular weight is 744 g/mol. The second kappa shape index (κ2) is 15.2. The number of carbonyl (C=O) groups is 3. The van der Waals surface area contributed by atoms with Crippen LogP contribution in [0.15, 0.2) is 150 Å². The third-order valence-electron chi connectivity index (χ3n) is 11.4. The molecule has 0 amide bonds. The lowest BCUT2D eigenvalue weighted by molar-refractivity contribution is -0.149. The van der Waals surface area contributed by atoms with E-state index in [0.717, 1.165) is 39.0 Å². The van der Waals surface area contributed by atoms with Crippen molar-refractivity contribution in [2.75, 3.05) is 21.3 Å². The Morgan fingerprint density at radius 2 is 1.56 bits per heavy atom. The van der Waals surface area contributed by atoms with Crippen LogP contribution in [-0.2, 0) is 28.6 Å². The van der Waals surface area contributed by atoms with E-state index < -0.39 is 29.6 Å². The number of ether oxygens (including phenoxy) is 3. The van der Waals surface area contributed by atoms with Gasteiger partial charge in [-0.1, -0.05) is 43.9 Å². The summed E-state index contributed by atoms with van der Waals surface area (Å²) in [5.74, 6) is -2.92. The fourth-order valence-corrected chi connectivity index (χ4v) is 8.23. The number of aliphatic hydroxyl groups is 1. The Bertz CT molecular complexity index is 2270. The highest BCUT2D eigenvalue weighted by molar-refractivity contribution is 6.20. The highest BCUT2D eigenvalue weighted by Gasteiger charge is 2.52. The molecule has 11 heteroatoms. The lowest BCUT2D eigenvalue weighted by Gasteiger charge is -2.45. The van der Waals surface area contributed by atoms with Crippen LogP contribution in [0.1, 0.15) is 53.4 Å². The first-order valence-corrected chi connectivity index (χ1v) is 18.0. The van der Waals surface area contributed by atoms with Crippen LogP contribution >= 0.6 is 0 Å².